The number of nitrogens with zero attached hydrogens (tertiary/aromatic N) is 1. The summed E-state index contributed by atoms with van der Waals surface area (Å²) in [6.07, 6.45) is 4.10. The standard InChI is InChI=1S/C16H22FNO3/c1-21-16-7-6-12(17)9-14(16)15(20)10-18-8-4-2-3-5-13(18)11-19/h6-7,9,13,19H,2-5,8,10-11H2,1H3. The summed E-state index contributed by atoms with van der Waals surface area (Å²) in [6, 6.07) is 3.97. The number of aliphatic hydroxyl groups excluding tert-OH is 1. The summed E-state index contributed by atoms with van der Waals surface area (Å²) in [5, 5.41) is 9.48. The van der Waals surface area contributed by atoms with E-state index in [1.807, 2.05) is 4.90 Å². The van der Waals surface area contributed by atoms with Gasteiger partial charge in [-0.05, 0) is 37.6 Å². The zero-order valence-corrected chi connectivity index (χ0v) is 12.3. The second kappa shape index (κ2) is 7.52. The Morgan fingerprint density at radius 2 is 2.24 bits per heavy atom. The fourth-order valence-corrected chi connectivity index (χ4v) is 2.82. The van der Waals surface area contributed by atoms with Crippen molar-refractivity contribution in [2.75, 3.05) is 26.8 Å². The molecule has 21 heavy (non-hydrogen) atoms. The highest BCUT2D eigenvalue weighted by molar-refractivity contribution is 6.00. The Hall–Kier alpha value is -1.46. The van der Waals surface area contributed by atoms with Crippen LogP contribution < -0.4 is 4.74 Å². The van der Waals surface area contributed by atoms with Crippen molar-refractivity contribution in [2.45, 2.75) is 31.7 Å². The van der Waals surface area contributed by atoms with Gasteiger partial charge in [-0.3, -0.25) is 9.69 Å². The van der Waals surface area contributed by atoms with E-state index in [1.165, 1.54) is 25.3 Å². The van der Waals surface area contributed by atoms with E-state index in [0.29, 0.717) is 5.75 Å². The van der Waals surface area contributed by atoms with E-state index in [0.717, 1.165) is 32.2 Å². The highest BCUT2D eigenvalue weighted by atomic mass is 19.1. The third-order valence-electron chi connectivity index (χ3n) is 4.02. The van der Waals surface area contributed by atoms with Gasteiger partial charge in [-0.2, -0.15) is 0 Å². The molecule has 0 spiro atoms. The van der Waals surface area contributed by atoms with E-state index in [4.69, 9.17) is 4.74 Å². The number of aliphatic hydroxyl groups is 1. The molecule has 1 unspecified atom stereocenters. The molecule has 1 aliphatic heterocycles. The molecule has 1 N–H and O–H groups in total. The molecule has 2 rings (SSSR count). The van der Waals surface area contributed by atoms with Crippen molar-refractivity contribution in [1.82, 2.24) is 4.90 Å². The lowest BCUT2D eigenvalue weighted by molar-refractivity contribution is 0.0823. The molecule has 0 bridgehead atoms. The maximum Gasteiger partial charge on any atom is 0.180 e. The molecule has 5 heteroatoms. The number of benzene rings is 1. The average molecular weight is 295 g/mol. The summed E-state index contributed by atoms with van der Waals surface area (Å²) in [5.74, 6) is -0.239. The molecular weight excluding hydrogens is 273 g/mol. The number of hydrogen-bond donors (Lipinski definition) is 1. The molecule has 0 aliphatic carbocycles. The number of Topliss-reactive ketones (excluding diaryl/α,β-unsaturated/α-hetero) is 1. The van der Waals surface area contributed by atoms with Crippen LogP contribution in [0.1, 0.15) is 36.0 Å². The van der Waals surface area contributed by atoms with Crippen LogP contribution in [0.3, 0.4) is 0 Å². The third-order valence-corrected chi connectivity index (χ3v) is 4.02. The number of likely N-dealkylation sites (tertiary alicyclic amines) is 1. The van der Waals surface area contributed by atoms with Gasteiger partial charge in [0.05, 0.1) is 25.8 Å². The summed E-state index contributed by atoms with van der Waals surface area (Å²) < 4.78 is 18.5. The highest BCUT2D eigenvalue weighted by Crippen LogP contribution is 2.22. The second-order valence-corrected chi connectivity index (χ2v) is 5.42. The van der Waals surface area contributed by atoms with Crippen molar-refractivity contribution in [1.29, 1.82) is 0 Å². The molecule has 116 valence electrons. The van der Waals surface area contributed by atoms with Crippen LogP contribution in [-0.2, 0) is 0 Å². The molecule has 1 atom stereocenters. The molecule has 0 aromatic heterocycles. The van der Waals surface area contributed by atoms with Gasteiger partial charge < -0.3 is 9.84 Å². The molecule has 0 saturated carbocycles. The predicted octanol–water partition coefficient (Wildman–Crippen LogP) is 2.25. The smallest absolute Gasteiger partial charge is 0.180 e. The average Bonchev–Trinajstić information content (AvgIpc) is 2.72. The summed E-state index contributed by atoms with van der Waals surface area (Å²) in [7, 11) is 1.46. The first-order valence-corrected chi connectivity index (χ1v) is 7.37. The maximum absolute atomic E-state index is 13.4. The molecule has 1 aromatic rings. The van der Waals surface area contributed by atoms with Gasteiger partial charge in [0.15, 0.2) is 5.78 Å². The lowest BCUT2D eigenvalue weighted by atomic mass is 10.1. The van der Waals surface area contributed by atoms with Gasteiger partial charge in [0.25, 0.3) is 0 Å². The van der Waals surface area contributed by atoms with Crippen LogP contribution in [0.4, 0.5) is 4.39 Å². The van der Waals surface area contributed by atoms with Crippen LogP contribution in [-0.4, -0.2) is 48.6 Å². The first-order valence-electron chi connectivity index (χ1n) is 7.37. The zero-order chi connectivity index (χ0) is 15.2. The molecule has 1 heterocycles. The van der Waals surface area contributed by atoms with Crippen molar-refractivity contribution < 1.29 is 19.0 Å². The van der Waals surface area contributed by atoms with Crippen LogP contribution in [0.15, 0.2) is 18.2 Å². The fourth-order valence-electron chi connectivity index (χ4n) is 2.82. The van der Waals surface area contributed by atoms with Gasteiger partial charge >= 0.3 is 0 Å². The van der Waals surface area contributed by atoms with E-state index in [-0.39, 0.29) is 30.5 Å². The molecule has 0 amide bonds. The van der Waals surface area contributed by atoms with E-state index in [1.54, 1.807) is 0 Å². The van der Waals surface area contributed by atoms with Gasteiger partial charge in [-0.25, -0.2) is 4.39 Å². The number of halogens is 1. The fraction of sp³-hybridized carbons (Fsp3) is 0.562. The Morgan fingerprint density at radius 1 is 1.43 bits per heavy atom. The summed E-state index contributed by atoms with van der Waals surface area (Å²) in [4.78, 5) is 14.4. The minimum Gasteiger partial charge on any atom is -0.496 e. The Balaban J connectivity index is 2.14. The Morgan fingerprint density at radius 3 is 2.95 bits per heavy atom. The number of ether oxygens (including phenoxy) is 1. The number of ketones is 1. The molecule has 1 fully saturated rings. The number of rotatable bonds is 5. The van der Waals surface area contributed by atoms with Gasteiger partial charge in [-0.1, -0.05) is 12.8 Å². The Kier molecular flexibility index (Phi) is 5.70. The molecule has 1 aliphatic rings. The Labute approximate surface area is 124 Å². The predicted molar refractivity (Wildman–Crippen MR) is 78.2 cm³/mol. The minimum atomic E-state index is -0.450. The number of carbonyl (C=O) groups is 1. The normalized spacial score (nSPS) is 20.0. The first kappa shape index (κ1) is 15.9. The van der Waals surface area contributed by atoms with Gasteiger partial charge in [0.2, 0.25) is 0 Å². The highest BCUT2D eigenvalue weighted by Gasteiger charge is 2.24. The summed E-state index contributed by atoms with van der Waals surface area (Å²) in [5.41, 5.74) is 0.262. The Bertz CT molecular complexity index is 492. The van der Waals surface area contributed by atoms with Crippen LogP contribution >= 0.6 is 0 Å². The van der Waals surface area contributed by atoms with Crippen molar-refractivity contribution in [3.8, 4) is 5.75 Å². The lowest BCUT2D eigenvalue weighted by Gasteiger charge is -2.27. The van der Waals surface area contributed by atoms with Crippen molar-refractivity contribution in [3.63, 3.8) is 0 Å². The largest absolute Gasteiger partial charge is 0.496 e. The van der Waals surface area contributed by atoms with Crippen LogP contribution in [0, 0.1) is 5.82 Å². The minimum absolute atomic E-state index is 0.0102. The summed E-state index contributed by atoms with van der Waals surface area (Å²) >= 11 is 0. The second-order valence-electron chi connectivity index (χ2n) is 5.42. The van der Waals surface area contributed by atoms with Gasteiger partial charge in [0.1, 0.15) is 11.6 Å². The topological polar surface area (TPSA) is 49.8 Å². The number of methoxy groups -OCH3 is 1. The first-order chi connectivity index (χ1) is 10.2. The van der Waals surface area contributed by atoms with E-state index in [9.17, 15) is 14.3 Å². The SMILES string of the molecule is COc1ccc(F)cc1C(=O)CN1CCCCCC1CO. The van der Waals surface area contributed by atoms with E-state index < -0.39 is 5.82 Å². The van der Waals surface area contributed by atoms with Crippen molar-refractivity contribution in [3.05, 3.63) is 29.6 Å². The maximum atomic E-state index is 13.4. The summed E-state index contributed by atoms with van der Waals surface area (Å²) in [6.45, 7) is 1.02. The number of hydrogen-bond acceptors (Lipinski definition) is 4. The zero-order valence-electron chi connectivity index (χ0n) is 12.3. The molecular formula is C16H22FNO3. The lowest BCUT2D eigenvalue weighted by Crippen LogP contribution is -2.41. The molecule has 4 nitrogen and oxygen atoms in total. The van der Waals surface area contributed by atoms with Gasteiger partial charge in [-0.15, -0.1) is 0 Å². The quantitative estimate of drug-likeness (QED) is 0.847. The molecule has 0 radical (unpaired) electrons. The van der Waals surface area contributed by atoms with Crippen molar-refractivity contribution >= 4 is 5.78 Å². The molecule has 1 aromatic carbocycles. The van der Waals surface area contributed by atoms with Crippen molar-refractivity contribution in [2.24, 2.45) is 0 Å². The van der Waals surface area contributed by atoms with E-state index >= 15 is 0 Å². The number of carbonyl (C=O) groups excluding carboxylic acids is 1. The van der Waals surface area contributed by atoms with E-state index in [2.05, 4.69) is 0 Å². The molecule has 1 saturated heterocycles. The van der Waals surface area contributed by atoms with Crippen LogP contribution in [0.25, 0.3) is 0 Å². The monoisotopic (exact) mass is 295 g/mol. The van der Waals surface area contributed by atoms with Gasteiger partial charge in [0, 0.05) is 6.04 Å². The third kappa shape index (κ3) is 4.02. The van der Waals surface area contributed by atoms with Crippen LogP contribution in [0.2, 0.25) is 0 Å². The van der Waals surface area contributed by atoms with Crippen LogP contribution in [0.5, 0.6) is 5.75 Å².